The minimum atomic E-state index is -4.27. The molecule has 0 saturated heterocycles. The molecule has 1 aromatic carbocycles. The third-order valence-electron chi connectivity index (χ3n) is 2.27. The number of hydrogen-bond acceptors (Lipinski definition) is 6. The molecule has 0 aliphatic rings. The number of hydrogen-bond donors (Lipinski definition) is 0. The van der Waals surface area contributed by atoms with Gasteiger partial charge in [0.05, 0.1) is 17.2 Å². The first-order chi connectivity index (χ1) is 10.4. The van der Waals surface area contributed by atoms with Crippen molar-refractivity contribution >= 4 is 40.9 Å². The average molecular weight is 405 g/mol. The van der Waals surface area contributed by atoms with E-state index in [0.717, 1.165) is 6.07 Å². The van der Waals surface area contributed by atoms with Crippen LogP contribution in [0.3, 0.4) is 0 Å². The minimum absolute atomic E-state index is 0.0567. The number of rotatable bonds is 8. The Balaban J connectivity index is 2.99. The van der Waals surface area contributed by atoms with Gasteiger partial charge in [-0.15, -0.1) is 0 Å². The fraction of sp³-hybridized carbons (Fsp3) is 0.538. The summed E-state index contributed by atoms with van der Waals surface area (Å²) in [6, 6.07) is 3.92. The van der Waals surface area contributed by atoms with Gasteiger partial charge in [-0.25, -0.2) is 0 Å². The first-order valence-electron chi connectivity index (χ1n) is 6.75. The van der Waals surface area contributed by atoms with Gasteiger partial charge in [0.2, 0.25) is 0 Å². The van der Waals surface area contributed by atoms with Crippen molar-refractivity contribution in [2.24, 2.45) is 0 Å². The first kappa shape index (κ1) is 20.9. The van der Waals surface area contributed by atoms with Gasteiger partial charge in [0.1, 0.15) is 4.90 Å². The Morgan fingerprint density at radius 2 is 1.61 bits per heavy atom. The Bertz CT molecular complexity index is 676. The van der Waals surface area contributed by atoms with Crippen LogP contribution in [0.15, 0.2) is 23.1 Å². The van der Waals surface area contributed by atoms with Crippen molar-refractivity contribution in [3.8, 4) is 0 Å². The molecule has 10 heteroatoms. The molecule has 0 unspecified atom stereocenters. The fourth-order valence-electron chi connectivity index (χ4n) is 1.59. The highest BCUT2D eigenvalue weighted by atomic mass is 35.5. The van der Waals surface area contributed by atoms with Gasteiger partial charge in [-0.05, 0) is 45.9 Å². The van der Waals surface area contributed by atoms with Crippen molar-refractivity contribution < 1.29 is 26.2 Å². The number of benzene rings is 1. The third kappa shape index (κ3) is 6.70. The van der Waals surface area contributed by atoms with Crippen molar-refractivity contribution in [1.29, 1.82) is 0 Å². The lowest BCUT2D eigenvalue weighted by molar-refractivity contribution is 0.129. The highest BCUT2D eigenvalue weighted by molar-refractivity contribution is 7.87. The van der Waals surface area contributed by atoms with Gasteiger partial charge in [-0.2, -0.15) is 8.42 Å². The topological polar surface area (TPSA) is 78.9 Å². The summed E-state index contributed by atoms with van der Waals surface area (Å²) in [5, 5.41) is 0.121. The minimum Gasteiger partial charge on any atom is -0.304 e. The van der Waals surface area contributed by atoms with E-state index in [1.165, 1.54) is 12.1 Å². The molecule has 132 valence electrons. The highest BCUT2D eigenvalue weighted by Gasteiger charge is 2.32. The molecule has 23 heavy (non-hydrogen) atoms. The second-order valence-corrected chi connectivity index (χ2v) is 9.52. The Hall–Kier alpha value is -0.140. The summed E-state index contributed by atoms with van der Waals surface area (Å²) in [5.74, 6) is 0. The first-order valence-corrected chi connectivity index (χ1v) is 10.6. The van der Waals surface area contributed by atoms with E-state index in [1.807, 2.05) is 0 Å². The van der Waals surface area contributed by atoms with Crippen molar-refractivity contribution in [3.05, 3.63) is 28.2 Å². The molecule has 0 heterocycles. The van der Waals surface area contributed by atoms with Crippen LogP contribution in [0.2, 0.25) is 10.0 Å². The molecule has 0 spiro atoms. The van der Waals surface area contributed by atoms with E-state index in [4.69, 9.17) is 36.4 Å². The summed E-state index contributed by atoms with van der Waals surface area (Å²) < 4.78 is 52.3. The van der Waals surface area contributed by atoms with Crippen LogP contribution in [0.4, 0.5) is 0 Å². The maximum atomic E-state index is 12.6. The Kier molecular flexibility index (Phi) is 7.54. The van der Waals surface area contributed by atoms with Crippen molar-refractivity contribution in [1.82, 2.24) is 0 Å². The zero-order chi connectivity index (χ0) is 17.8. The van der Waals surface area contributed by atoms with Crippen LogP contribution in [0.5, 0.6) is 0 Å². The molecular formula is C13H19Cl2O6PS. The van der Waals surface area contributed by atoms with E-state index in [9.17, 15) is 13.0 Å². The second-order valence-electron chi connectivity index (χ2n) is 5.20. The van der Waals surface area contributed by atoms with Gasteiger partial charge in [-0.1, -0.05) is 23.2 Å². The molecule has 0 atom stereocenters. The summed E-state index contributed by atoms with van der Waals surface area (Å²) >= 11 is 11.6. The van der Waals surface area contributed by atoms with Crippen LogP contribution in [0.25, 0.3) is 0 Å². The van der Waals surface area contributed by atoms with Crippen LogP contribution in [0.1, 0.15) is 27.7 Å². The van der Waals surface area contributed by atoms with Gasteiger partial charge in [0.25, 0.3) is 10.1 Å². The maximum Gasteiger partial charge on any atom is 0.358 e. The zero-order valence-corrected chi connectivity index (χ0v) is 16.4. The molecule has 0 aromatic heterocycles. The molecule has 6 nitrogen and oxygen atoms in total. The van der Waals surface area contributed by atoms with E-state index >= 15 is 0 Å². The smallest absolute Gasteiger partial charge is 0.304 e. The zero-order valence-electron chi connectivity index (χ0n) is 13.2. The Labute approximate surface area is 146 Å². The lowest BCUT2D eigenvalue weighted by atomic mass is 10.4. The van der Waals surface area contributed by atoms with Gasteiger partial charge in [0, 0.05) is 5.02 Å². The quantitative estimate of drug-likeness (QED) is 0.461. The van der Waals surface area contributed by atoms with Crippen LogP contribution in [-0.2, 0) is 27.9 Å². The predicted octanol–water partition coefficient (Wildman–Crippen LogP) is 4.70. The Morgan fingerprint density at radius 1 is 1.09 bits per heavy atom. The largest absolute Gasteiger partial charge is 0.358 e. The van der Waals surface area contributed by atoms with Crippen LogP contribution < -0.4 is 0 Å². The monoisotopic (exact) mass is 404 g/mol. The number of halogens is 2. The summed E-state index contributed by atoms with van der Waals surface area (Å²) in [6.45, 7) is 6.61. The van der Waals surface area contributed by atoms with Gasteiger partial charge in [-0.3, -0.25) is 8.75 Å². The normalized spacial score (nSPS) is 13.0. The molecule has 1 rings (SSSR count). The molecule has 0 aliphatic carbocycles. The van der Waals surface area contributed by atoms with Crippen molar-refractivity contribution in [2.45, 2.75) is 44.8 Å². The lowest BCUT2D eigenvalue weighted by Gasteiger charge is -2.22. The highest BCUT2D eigenvalue weighted by Crippen LogP contribution is 2.51. The molecule has 0 amide bonds. The SMILES string of the molecule is CC(C)OP(=O)(COS(=O)(=O)c1cc(Cl)ccc1Cl)OC(C)C. The van der Waals surface area contributed by atoms with Crippen LogP contribution in [-0.4, -0.2) is 27.0 Å². The third-order valence-corrected chi connectivity index (χ3v) is 6.36. The summed E-state index contributed by atoms with van der Waals surface area (Å²) in [7, 11) is -8.02. The molecule has 0 fully saturated rings. The molecule has 1 aromatic rings. The lowest BCUT2D eigenvalue weighted by Crippen LogP contribution is -2.15. The van der Waals surface area contributed by atoms with Crippen molar-refractivity contribution in [2.75, 3.05) is 6.35 Å². The standard InChI is InChI=1S/C13H19Cl2O6PS/c1-9(2)20-22(16,21-10(3)4)8-19-23(17,18)13-7-11(14)5-6-12(13)15/h5-7,9-10H,8H2,1-4H3. The molecule has 0 N–H and O–H groups in total. The fourth-order valence-corrected chi connectivity index (χ4v) is 5.46. The van der Waals surface area contributed by atoms with E-state index in [0.29, 0.717) is 0 Å². The summed E-state index contributed by atoms with van der Waals surface area (Å²) in [4.78, 5) is -0.313. The van der Waals surface area contributed by atoms with Gasteiger partial charge in [0.15, 0.2) is 6.35 Å². The van der Waals surface area contributed by atoms with Gasteiger partial charge < -0.3 is 9.05 Å². The predicted molar refractivity (Wildman–Crippen MR) is 89.6 cm³/mol. The summed E-state index contributed by atoms with van der Waals surface area (Å²) in [6.07, 6.45) is -1.62. The Morgan fingerprint density at radius 3 is 2.09 bits per heavy atom. The van der Waals surface area contributed by atoms with Crippen LogP contribution in [0, 0.1) is 0 Å². The maximum absolute atomic E-state index is 12.6. The molecule has 0 radical (unpaired) electrons. The van der Waals surface area contributed by atoms with Gasteiger partial charge >= 0.3 is 7.60 Å². The molecule has 0 saturated carbocycles. The van der Waals surface area contributed by atoms with E-state index in [2.05, 4.69) is 0 Å². The molecule has 0 aliphatic heterocycles. The van der Waals surface area contributed by atoms with E-state index in [-0.39, 0.29) is 14.9 Å². The van der Waals surface area contributed by atoms with E-state index in [1.54, 1.807) is 27.7 Å². The average Bonchev–Trinajstić information content (AvgIpc) is 2.37. The summed E-state index contributed by atoms with van der Waals surface area (Å²) in [5.41, 5.74) is 0. The second kappa shape index (κ2) is 8.30. The molecule has 0 bridgehead atoms. The van der Waals surface area contributed by atoms with E-state index < -0.39 is 36.3 Å². The molecular weight excluding hydrogens is 386 g/mol. The van der Waals surface area contributed by atoms with Crippen LogP contribution >= 0.6 is 30.8 Å². The van der Waals surface area contributed by atoms with Crippen molar-refractivity contribution in [3.63, 3.8) is 0 Å².